The lowest BCUT2D eigenvalue weighted by atomic mass is 10.2. The van der Waals surface area contributed by atoms with Crippen molar-refractivity contribution in [3.8, 4) is 0 Å². The van der Waals surface area contributed by atoms with Crippen molar-refractivity contribution in [3.63, 3.8) is 0 Å². The van der Waals surface area contributed by atoms with Gasteiger partial charge in [0.25, 0.3) is 0 Å². The molecule has 0 saturated carbocycles. The Morgan fingerprint density at radius 3 is 2.90 bits per heavy atom. The van der Waals surface area contributed by atoms with E-state index in [1.165, 1.54) is 0 Å². The summed E-state index contributed by atoms with van der Waals surface area (Å²) in [4.78, 5) is 13.0. The largest absolute Gasteiger partial charge is 0.461 e. The summed E-state index contributed by atoms with van der Waals surface area (Å²) < 4.78 is 7.93. The number of carbonyl (C=O) groups excluding carboxylic acids is 1. The van der Waals surface area contributed by atoms with Crippen LogP contribution in [0.5, 0.6) is 0 Å². The molecular formula is C13H16BrN3O2S. The van der Waals surface area contributed by atoms with E-state index in [0.29, 0.717) is 24.8 Å². The van der Waals surface area contributed by atoms with Crippen LogP contribution in [0.25, 0.3) is 0 Å². The SMILES string of the molecule is Cc1c(C(=O)OCC(C)C)nnn1Cc1sccc1Br. The van der Waals surface area contributed by atoms with Gasteiger partial charge in [-0.1, -0.05) is 19.1 Å². The second kappa shape index (κ2) is 6.49. The molecule has 0 unspecified atom stereocenters. The molecule has 0 aliphatic carbocycles. The molecule has 0 N–H and O–H groups in total. The molecule has 0 radical (unpaired) electrons. The zero-order valence-electron chi connectivity index (χ0n) is 11.6. The third-order valence-corrected chi connectivity index (χ3v) is 4.62. The van der Waals surface area contributed by atoms with E-state index < -0.39 is 5.97 Å². The highest BCUT2D eigenvalue weighted by Gasteiger charge is 2.19. The first-order valence-electron chi connectivity index (χ1n) is 6.28. The zero-order chi connectivity index (χ0) is 14.7. The van der Waals surface area contributed by atoms with Gasteiger partial charge in [0.2, 0.25) is 0 Å². The summed E-state index contributed by atoms with van der Waals surface area (Å²) in [6.07, 6.45) is 0. The zero-order valence-corrected chi connectivity index (χ0v) is 14.0. The van der Waals surface area contributed by atoms with E-state index in [0.717, 1.165) is 15.0 Å². The van der Waals surface area contributed by atoms with Crippen LogP contribution < -0.4 is 0 Å². The normalized spacial score (nSPS) is 11.1. The van der Waals surface area contributed by atoms with Crippen LogP contribution in [0.1, 0.15) is 34.9 Å². The van der Waals surface area contributed by atoms with Gasteiger partial charge in [0.05, 0.1) is 18.8 Å². The van der Waals surface area contributed by atoms with Crippen molar-refractivity contribution in [2.24, 2.45) is 5.92 Å². The summed E-state index contributed by atoms with van der Waals surface area (Å²) in [6, 6.07) is 1.99. The Labute approximate surface area is 130 Å². The van der Waals surface area contributed by atoms with Crippen molar-refractivity contribution in [1.82, 2.24) is 15.0 Å². The molecule has 5 nitrogen and oxygen atoms in total. The number of rotatable bonds is 5. The number of esters is 1. The Hall–Kier alpha value is -1.21. The molecule has 0 fully saturated rings. The van der Waals surface area contributed by atoms with Crippen LogP contribution in [0, 0.1) is 12.8 Å². The van der Waals surface area contributed by atoms with E-state index in [9.17, 15) is 4.79 Å². The Kier molecular flexibility index (Phi) is 4.93. The summed E-state index contributed by atoms with van der Waals surface area (Å²) in [6.45, 7) is 6.79. The average Bonchev–Trinajstić information content (AvgIpc) is 2.95. The maximum atomic E-state index is 11.9. The second-order valence-electron chi connectivity index (χ2n) is 4.87. The molecule has 108 valence electrons. The van der Waals surface area contributed by atoms with Gasteiger partial charge in [0.15, 0.2) is 5.69 Å². The first kappa shape index (κ1) is 15.2. The molecule has 0 bridgehead atoms. The minimum Gasteiger partial charge on any atom is -0.461 e. The van der Waals surface area contributed by atoms with Gasteiger partial charge in [0.1, 0.15) is 0 Å². The van der Waals surface area contributed by atoms with Crippen LogP contribution >= 0.6 is 27.3 Å². The van der Waals surface area contributed by atoms with Crippen molar-refractivity contribution >= 4 is 33.2 Å². The summed E-state index contributed by atoms with van der Waals surface area (Å²) in [5.41, 5.74) is 1.01. The number of halogens is 1. The van der Waals surface area contributed by atoms with Crippen LogP contribution in [-0.2, 0) is 11.3 Å². The van der Waals surface area contributed by atoms with E-state index in [1.54, 1.807) is 16.0 Å². The molecule has 20 heavy (non-hydrogen) atoms. The molecule has 2 aromatic heterocycles. The molecule has 0 atom stereocenters. The van der Waals surface area contributed by atoms with Crippen molar-refractivity contribution in [1.29, 1.82) is 0 Å². The van der Waals surface area contributed by atoms with Gasteiger partial charge in [-0.05, 0) is 40.2 Å². The van der Waals surface area contributed by atoms with Crippen LogP contribution in [0.4, 0.5) is 0 Å². The van der Waals surface area contributed by atoms with Gasteiger partial charge in [-0.3, -0.25) is 0 Å². The highest BCUT2D eigenvalue weighted by atomic mass is 79.9. The molecule has 0 aliphatic rings. The Morgan fingerprint density at radius 1 is 1.55 bits per heavy atom. The van der Waals surface area contributed by atoms with Crippen LogP contribution in [0.2, 0.25) is 0 Å². The molecule has 0 spiro atoms. The topological polar surface area (TPSA) is 57.0 Å². The van der Waals surface area contributed by atoms with Gasteiger partial charge in [0, 0.05) is 9.35 Å². The fraction of sp³-hybridized carbons (Fsp3) is 0.462. The van der Waals surface area contributed by atoms with Crippen LogP contribution in [0.3, 0.4) is 0 Å². The number of thiophene rings is 1. The first-order valence-corrected chi connectivity index (χ1v) is 7.95. The molecule has 0 aliphatic heterocycles. The van der Waals surface area contributed by atoms with Crippen LogP contribution in [0.15, 0.2) is 15.9 Å². The number of hydrogen-bond acceptors (Lipinski definition) is 5. The number of aromatic nitrogens is 3. The molecular weight excluding hydrogens is 342 g/mol. The average molecular weight is 358 g/mol. The predicted molar refractivity (Wildman–Crippen MR) is 81.0 cm³/mol. The standard InChI is InChI=1S/C13H16BrN3O2S/c1-8(2)7-19-13(18)12-9(3)17(16-15-12)6-11-10(14)4-5-20-11/h4-5,8H,6-7H2,1-3H3. The Morgan fingerprint density at radius 2 is 2.30 bits per heavy atom. The molecule has 0 amide bonds. The van der Waals surface area contributed by atoms with E-state index in [2.05, 4.69) is 26.2 Å². The number of carbonyl (C=O) groups is 1. The van der Waals surface area contributed by atoms with E-state index in [-0.39, 0.29) is 0 Å². The van der Waals surface area contributed by atoms with Crippen LogP contribution in [-0.4, -0.2) is 27.6 Å². The van der Waals surface area contributed by atoms with Gasteiger partial charge < -0.3 is 4.74 Å². The fourth-order valence-electron chi connectivity index (χ4n) is 1.58. The quantitative estimate of drug-likeness (QED) is 0.770. The monoisotopic (exact) mass is 357 g/mol. The van der Waals surface area contributed by atoms with Gasteiger partial charge in [-0.25, -0.2) is 9.48 Å². The van der Waals surface area contributed by atoms with Crippen molar-refractivity contribution in [2.75, 3.05) is 6.61 Å². The Bertz CT molecular complexity index is 607. The van der Waals surface area contributed by atoms with Gasteiger partial charge in [-0.2, -0.15) is 0 Å². The maximum absolute atomic E-state index is 11.9. The Balaban J connectivity index is 2.11. The molecule has 2 aromatic rings. The van der Waals surface area contributed by atoms with Gasteiger partial charge >= 0.3 is 5.97 Å². The number of hydrogen-bond donors (Lipinski definition) is 0. The minimum atomic E-state index is -0.410. The summed E-state index contributed by atoms with van der Waals surface area (Å²) in [7, 11) is 0. The fourth-order valence-corrected chi connectivity index (χ4v) is 3.04. The highest BCUT2D eigenvalue weighted by molar-refractivity contribution is 9.10. The van der Waals surface area contributed by atoms with Crippen molar-refractivity contribution < 1.29 is 9.53 Å². The second-order valence-corrected chi connectivity index (χ2v) is 6.72. The lowest BCUT2D eigenvalue weighted by molar-refractivity contribution is 0.0451. The molecule has 0 aromatic carbocycles. The van der Waals surface area contributed by atoms with Crippen molar-refractivity contribution in [2.45, 2.75) is 27.3 Å². The minimum absolute atomic E-state index is 0.290. The predicted octanol–water partition coefficient (Wildman–Crippen LogP) is 3.27. The molecule has 0 saturated heterocycles. The number of ether oxygens (including phenoxy) is 1. The summed E-state index contributed by atoms with van der Waals surface area (Å²) in [5.74, 6) is -0.107. The van der Waals surface area contributed by atoms with Gasteiger partial charge in [-0.15, -0.1) is 16.4 Å². The number of nitrogens with zero attached hydrogens (tertiary/aromatic N) is 3. The molecule has 2 heterocycles. The third kappa shape index (κ3) is 3.46. The van der Waals surface area contributed by atoms with E-state index >= 15 is 0 Å². The highest BCUT2D eigenvalue weighted by Crippen LogP contribution is 2.24. The smallest absolute Gasteiger partial charge is 0.360 e. The van der Waals surface area contributed by atoms with E-state index in [1.807, 2.05) is 32.2 Å². The summed E-state index contributed by atoms with van der Waals surface area (Å²) in [5, 5.41) is 9.97. The first-order chi connectivity index (χ1) is 9.49. The summed E-state index contributed by atoms with van der Waals surface area (Å²) >= 11 is 5.12. The maximum Gasteiger partial charge on any atom is 0.360 e. The molecule has 2 rings (SSSR count). The van der Waals surface area contributed by atoms with E-state index in [4.69, 9.17) is 4.74 Å². The molecule has 7 heteroatoms. The van der Waals surface area contributed by atoms with Crippen molar-refractivity contribution in [3.05, 3.63) is 32.2 Å². The third-order valence-electron chi connectivity index (χ3n) is 2.71. The lowest BCUT2D eigenvalue weighted by Crippen LogP contribution is -2.12. The lowest BCUT2D eigenvalue weighted by Gasteiger charge is -2.06.